The topological polar surface area (TPSA) is 65.0 Å². The van der Waals surface area contributed by atoms with Gasteiger partial charge < -0.3 is 10.2 Å². The first-order valence-electron chi connectivity index (χ1n) is 8.96. The van der Waals surface area contributed by atoms with E-state index in [-0.39, 0.29) is 43.0 Å². The van der Waals surface area contributed by atoms with Crippen LogP contribution < -0.4 is 5.32 Å². The molecule has 0 amide bonds. The first kappa shape index (κ1) is 23.8. The van der Waals surface area contributed by atoms with Gasteiger partial charge in [0.25, 0.3) is 10.0 Å². The monoisotopic (exact) mass is 508 g/mol. The van der Waals surface area contributed by atoms with Crippen molar-refractivity contribution in [2.75, 3.05) is 39.8 Å². The van der Waals surface area contributed by atoms with E-state index in [4.69, 9.17) is 0 Å². The summed E-state index contributed by atoms with van der Waals surface area (Å²) in [5.41, 5.74) is 0. The standard InChI is InChI=1S/C16H30F2N4O2S.HI/c1-12-8-13(2)11-21(10-12)16(19-3)20-9-14-4-6-22(7-5-14)25(23,24)15(17)18;/h12-15H,4-11H2,1-3H3,(H,19,20);1H. The Hall–Kier alpha value is -0.230. The molecular formula is C16H31F2IN4O2S. The number of halogens is 3. The molecule has 0 radical (unpaired) electrons. The largest absolute Gasteiger partial charge is 0.356 e. The minimum Gasteiger partial charge on any atom is -0.356 e. The van der Waals surface area contributed by atoms with Gasteiger partial charge in [-0.05, 0) is 37.0 Å². The van der Waals surface area contributed by atoms with E-state index in [1.165, 1.54) is 6.42 Å². The molecule has 26 heavy (non-hydrogen) atoms. The van der Waals surface area contributed by atoms with Gasteiger partial charge in [-0.1, -0.05) is 13.8 Å². The molecule has 0 spiro atoms. The van der Waals surface area contributed by atoms with Gasteiger partial charge in [-0.25, -0.2) is 8.42 Å². The third-order valence-electron chi connectivity index (χ3n) is 5.09. The van der Waals surface area contributed by atoms with Gasteiger partial charge in [-0.15, -0.1) is 24.0 Å². The van der Waals surface area contributed by atoms with E-state index in [0.717, 1.165) is 23.4 Å². The number of nitrogens with zero attached hydrogens (tertiary/aromatic N) is 3. The zero-order valence-electron chi connectivity index (χ0n) is 15.7. The normalized spacial score (nSPS) is 26.7. The van der Waals surface area contributed by atoms with Crippen LogP contribution in [-0.4, -0.2) is 69.1 Å². The summed E-state index contributed by atoms with van der Waals surface area (Å²) < 4.78 is 49.1. The minimum atomic E-state index is -4.44. The van der Waals surface area contributed by atoms with Crippen molar-refractivity contribution in [3.8, 4) is 0 Å². The fraction of sp³-hybridized carbons (Fsp3) is 0.938. The van der Waals surface area contributed by atoms with Crippen LogP contribution in [0.5, 0.6) is 0 Å². The maximum Gasteiger partial charge on any atom is 0.350 e. The molecule has 0 saturated carbocycles. The number of piperidine rings is 2. The molecule has 2 atom stereocenters. The van der Waals surface area contributed by atoms with E-state index in [1.54, 1.807) is 7.05 Å². The van der Waals surface area contributed by atoms with E-state index < -0.39 is 15.8 Å². The number of hydrogen-bond donors (Lipinski definition) is 1. The highest BCUT2D eigenvalue weighted by Gasteiger charge is 2.34. The highest BCUT2D eigenvalue weighted by atomic mass is 127. The first-order valence-corrected chi connectivity index (χ1v) is 10.5. The Bertz CT molecular complexity index is 559. The van der Waals surface area contributed by atoms with Crippen molar-refractivity contribution < 1.29 is 17.2 Å². The van der Waals surface area contributed by atoms with Gasteiger partial charge >= 0.3 is 5.76 Å². The van der Waals surface area contributed by atoms with Crippen molar-refractivity contribution in [2.45, 2.75) is 38.9 Å². The van der Waals surface area contributed by atoms with Crippen LogP contribution in [0, 0.1) is 17.8 Å². The van der Waals surface area contributed by atoms with Gasteiger partial charge in [0.2, 0.25) is 0 Å². The minimum absolute atomic E-state index is 0. The lowest BCUT2D eigenvalue weighted by Crippen LogP contribution is -2.50. The molecular weight excluding hydrogens is 477 g/mol. The van der Waals surface area contributed by atoms with Crippen LogP contribution in [0.3, 0.4) is 0 Å². The van der Waals surface area contributed by atoms with Crippen molar-refractivity contribution in [3.63, 3.8) is 0 Å². The molecule has 0 aromatic heterocycles. The number of alkyl halides is 2. The van der Waals surface area contributed by atoms with Crippen LogP contribution in [0.25, 0.3) is 0 Å². The molecule has 2 rings (SSSR count). The van der Waals surface area contributed by atoms with Gasteiger partial charge in [-0.3, -0.25) is 4.99 Å². The summed E-state index contributed by atoms with van der Waals surface area (Å²) in [6.45, 7) is 7.47. The Morgan fingerprint density at radius 2 is 1.73 bits per heavy atom. The molecule has 2 heterocycles. The molecule has 0 aromatic carbocycles. The van der Waals surface area contributed by atoms with Crippen LogP contribution in [0.1, 0.15) is 33.1 Å². The van der Waals surface area contributed by atoms with E-state index in [1.807, 2.05) is 0 Å². The number of hydrogen-bond acceptors (Lipinski definition) is 3. The molecule has 0 aliphatic carbocycles. The zero-order valence-corrected chi connectivity index (χ0v) is 18.8. The number of likely N-dealkylation sites (tertiary alicyclic amines) is 1. The average molecular weight is 508 g/mol. The Kier molecular flexibility index (Phi) is 9.48. The van der Waals surface area contributed by atoms with Gasteiger partial charge in [0.15, 0.2) is 5.96 Å². The quantitative estimate of drug-likeness (QED) is 0.360. The molecule has 2 fully saturated rings. The van der Waals surface area contributed by atoms with Crippen molar-refractivity contribution in [1.29, 1.82) is 0 Å². The fourth-order valence-electron chi connectivity index (χ4n) is 3.88. The molecule has 6 nitrogen and oxygen atoms in total. The second kappa shape index (κ2) is 10.4. The maximum atomic E-state index is 12.6. The number of aliphatic imine (C=N–C) groups is 1. The summed E-state index contributed by atoms with van der Waals surface area (Å²) >= 11 is 0. The summed E-state index contributed by atoms with van der Waals surface area (Å²) in [6.07, 6.45) is 2.40. The fourth-order valence-corrected chi connectivity index (χ4v) is 4.83. The molecule has 2 unspecified atom stereocenters. The summed E-state index contributed by atoms with van der Waals surface area (Å²) in [5, 5.41) is 3.39. The lowest BCUT2D eigenvalue weighted by molar-refractivity contribution is 0.199. The predicted octanol–water partition coefficient (Wildman–Crippen LogP) is 2.42. The smallest absolute Gasteiger partial charge is 0.350 e. The lowest BCUT2D eigenvalue weighted by atomic mass is 9.92. The molecule has 1 N–H and O–H groups in total. The second-order valence-electron chi connectivity index (χ2n) is 7.43. The Labute approximate surface area is 172 Å². The average Bonchev–Trinajstić information content (AvgIpc) is 2.55. The van der Waals surface area contributed by atoms with Crippen molar-refractivity contribution in [1.82, 2.24) is 14.5 Å². The first-order chi connectivity index (χ1) is 11.7. The van der Waals surface area contributed by atoms with Crippen LogP contribution in [-0.2, 0) is 10.0 Å². The molecule has 2 saturated heterocycles. The SMILES string of the molecule is CN=C(NCC1CCN(S(=O)(=O)C(F)F)CC1)N1CC(C)CC(C)C1.I. The lowest BCUT2D eigenvalue weighted by Gasteiger charge is -2.38. The van der Waals surface area contributed by atoms with Gasteiger partial charge in [0.05, 0.1) is 0 Å². The number of sulfonamides is 1. The molecule has 2 aliphatic heterocycles. The zero-order chi connectivity index (χ0) is 18.6. The van der Waals surface area contributed by atoms with E-state index in [9.17, 15) is 17.2 Å². The van der Waals surface area contributed by atoms with E-state index in [2.05, 4.69) is 29.1 Å². The highest BCUT2D eigenvalue weighted by molar-refractivity contribution is 14.0. The van der Waals surface area contributed by atoms with Crippen molar-refractivity contribution in [2.24, 2.45) is 22.7 Å². The molecule has 2 aliphatic rings. The predicted molar refractivity (Wildman–Crippen MR) is 111 cm³/mol. The maximum absolute atomic E-state index is 12.6. The van der Waals surface area contributed by atoms with Crippen LogP contribution >= 0.6 is 24.0 Å². The van der Waals surface area contributed by atoms with Crippen molar-refractivity contribution >= 4 is 40.0 Å². The third kappa shape index (κ3) is 6.15. The van der Waals surface area contributed by atoms with Crippen LogP contribution in [0.4, 0.5) is 8.78 Å². The summed E-state index contributed by atoms with van der Waals surface area (Å²) in [5.74, 6) is -0.930. The van der Waals surface area contributed by atoms with Gasteiger partial charge in [0.1, 0.15) is 0 Å². The Morgan fingerprint density at radius 1 is 1.19 bits per heavy atom. The summed E-state index contributed by atoms with van der Waals surface area (Å²) in [6, 6.07) is 0. The second-order valence-corrected chi connectivity index (χ2v) is 9.33. The number of guanidine groups is 1. The van der Waals surface area contributed by atoms with Crippen LogP contribution in [0.2, 0.25) is 0 Å². The van der Waals surface area contributed by atoms with Crippen LogP contribution in [0.15, 0.2) is 4.99 Å². The Balaban J connectivity index is 0.00000338. The third-order valence-corrected chi connectivity index (χ3v) is 6.62. The molecule has 0 bridgehead atoms. The molecule has 154 valence electrons. The highest BCUT2D eigenvalue weighted by Crippen LogP contribution is 2.23. The van der Waals surface area contributed by atoms with Crippen molar-refractivity contribution in [3.05, 3.63) is 0 Å². The van der Waals surface area contributed by atoms with Gasteiger partial charge in [0, 0.05) is 39.8 Å². The Morgan fingerprint density at radius 3 is 2.19 bits per heavy atom. The summed E-state index contributed by atoms with van der Waals surface area (Å²) in [7, 11) is -2.67. The number of rotatable bonds is 4. The molecule has 10 heteroatoms. The molecule has 0 aromatic rings. The van der Waals surface area contributed by atoms with E-state index >= 15 is 0 Å². The van der Waals surface area contributed by atoms with Gasteiger partial charge in [-0.2, -0.15) is 13.1 Å². The number of nitrogens with one attached hydrogen (secondary N) is 1. The summed E-state index contributed by atoms with van der Waals surface area (Å²) in [4.78, 5) is 6.64. The van der Waals surface area contributed by atoms with E-state index in [0.29, 0.717) is 31.2 Å².